The van der Waals surface area contributed by atoms with Gasteiger partial charge in [0.2, 0.25) is 0 Å². The van der Waals surface area contributed by atoms with Gasteiger partial charge in [-0.15, -0.1) is 0 Å². The number of hydrogen-bond donors (Lipinski definition) is 1. The highest BCUT2D eigenvalue weighted by Gasteiger charge is 2.15. The molecule has 134 valence electrons. The number of nitrogens with one attached hydrogen (secondary N) is 1. The highest BCUT2D eigenvalue weighted by molar-refractivity contribution is 6.07. The number of carbonyl (C=O) groups excluding carboxylic acids is 1. The minimum absolute atomic E-state index is 0.0400. The Hall–Kier alpha value is -2.68. The molecule has 26 heavy (non-hydrogen) atoms. The van der Waals surface area contributed by atoms with Crippen molar-refractivity contribution in [3.8, 4) is 11.3 Å². The van der Waals surface area contributed by atoms with Crippen LogP contribution in [0.25, 0.3) is 22.2 Å². The number of amides is 1. The normalized spacial score (nSPS) is 11.2. The van der Waals surface area contributed by atoms with E-state index in [0.717, 1.165) is 27.7 Å². The van der Waals surface area contributed by atoms with Crippen LogP contribution in [0.4, 0.5) is 0 Å². The molecule has 0 atom stereocenters. The maximum atomic E-state index is 12.8. The number of aryl methyl sites for hydroxylation is 3. The van der Waals surface area contributed by atoms with Gasteiger partial charge in [0.1, 0.15) is 0 Å². The SMILES string of the molecule is Cc1ccc2nc(-c3ccc(C)c(C)c3)cc(C(=O)NCC(C)C)c2c1. The van der Waals surface area contributed by atoms with Crippen LogP contribution in [0.1, 0.15) is 40.9 Å². The predicted molar refractivity (Wildman–Crippen MR) is 109 cm³/mol. The third-order valence-electron chi connectivity index (χ3n) is 4.68. The number of carbonyl (C=O) groups is 1. The molecule has 1 aromatic heterocycles. The predicted octanol–water partition coefficient (Wildman–Crippen LogP) is 5.21. The Morgan fingerprint density at radius 2 is 1.77 bits per heavy atom. The summed E-state index contributed by atoms with van der Waals surface area (Å²) in [5.41, 5.74) is 7.00. The summed E-state index contributed by atoms with van der Waals surface area (Å²) in [7, 11) is 0. The van der Waals surface area contributed by atoms with Crippen LogP contribution in [0.5, 0.6) is 0 Å². The van der Waals surface area contributed by atoms with Gasteiger partial charge < -0.3 is 5.32 Å². The molecule has 3 nitrogen and oxygen atoms in total. The quantitative estimate of drug-likeness (QED) is 0.704. The lowest BCUT2D eigenvalue weighted by atomic mass is 9.99. The van der Waals surface area contributed by atoms with E-state index in [1.807, 2.05) is 31.2 Å². The zero-order valence-corrected chi connectivity index (χ0v) is 16.2. The minimum Gasteiger partial charge on any atom is -0.352 e. The molecule has 0 saturated heterocycles. The molecule has 1 heterocycles. The van der Waals surface area contributed by atoms with Gasteiger partial charge in [-0.25, -0.2) is 4.98 Å². The number of benzene rings is 2. The standard InChI is InChI=1S/C23H26N2O/c1-14(2)13-24-23(26)20-12-22(18-8-7-16(4)17(5)11-18)25-21-9-6-15(3)10-19(20)21/h6-12,14H,13H2,1-5H3,(H,24,26). The smallest absolute Gasteiger partial charge is 0.252 e. The van der Waals surface area contributed by atoms with E-state index in [1.165, 1.54) is 11.1 Å². The Balaban J connectivity index is 2.15. The molecule has 3 rings (SSSR count). The number of aromatic nitrogens is 1. The molecule has 0 aliphatic carbocycles. The van der Waals surface area contributed by atoms with Crippen molar-refractivity contribution in [1.29, 1.82) is 0 Å². The third-order valence-corrected chi connectivity index (χ3v) is 4.68. The largest absolute Gasteiger partial charge is 0.352 e. The molecule has 0 unspecified atom stereocenters. The van der Waals surface area contributed by atoms with Crippen molar-refractivity contribution in [3.63, 3.8) is 0 Å². The van der Waals surface area contributed by atoms with E-state index >= 15 is 0 Å². The van der Waals surface area contributed by atoms with E-state index in [-0.39, 0.29) is 5.91 Å². The zero-order chi connectivity index (χ0) is 18.8. The fraction of sp³-hybridized carbons (Fsp3) is 0.304. The van der Waals surface area contributed by atoms with Gasteiger partial charge in [-0.05, 0) is 62.1 Å². The van der Waals surface area contributed by atoms with Gasteiger partial charge in [-0.1, -0.05) is 37.6 Å². The molecule has 2 aromatic carbocycles. The Labute approximate surface area is 155 Å². The van der Waals surface area contributed by atoms with Crippen LogP contribution in [-0.2, 0) is 0 Å². The molecule has 3 aromatic rings. The van der Waals surface area contributed by atoms with Crippen molar-refractivity contribution < 1.29 is 4.79 Å². The maximum absolute atomic E-state index is 12.8. The highest BCUT2D eigenvalue weighted by atomic mass is 16.1. The van der Waals surface area contributed by atoms with Crippen molar-refractivity contribution in [3.05, 3.63) is 64.7 Å². The molecular weight excluding hydrogens is 320 g/mol. The van der Waals surface area contributed by atoms with Crippen LogP contribution in [-0.4, -0.2) is 17.4 Å². The topological polar surface area (TPSA) is 42.0 Å². The van der Waals surface area contributed by atoms with Gasteiger partial charge in [0.15, 0.2) is 0 Å². The number of rotatable bonds is 4. The lowest BCUT2D eigenvalue weighted by Gasteiger charge is -2.13. The monoisotopic (exact) mass is 346 g/mol. The van der Waals surface area contributed by atoms with E-state index < -0.39 is 0 Å². The Morgan fingerprint density at radius 1 is 1.00 bits per heavy atom. The summed E-state index contributed by atoms with van der Waals surface area (Å²) >= 11 is 0. The van der Waals surface area contributed by atoms with Crippen LogP contribution < -0.4 is 5.32 Å². The van der Waals surface area contributed by atoms with Gasteiger partial charge >= 0.3 is 0 Å². The van der Waals surface area contributed by atoms with Crippen molar-refractivity contribution in [1.82, 2.24) is 10.3 Å². The molecule has 0 bridgehead atoms. The number of pyridine rings is 1. The van der Waals surface area contributed by atoms with Crippen molar-refractivity contribution in [2.75, 3.05) is 6.54 Å². The Bertz CT molecular complexity index is 973. The Morgan fingerprint density at radius 3 is 2.46 bits per heavy atom. The van der Waals surface area contributed by atoms with Crippen LogP contribution in [0.2, 0.25) is 0 Å². The van der Waals surface area contributed by atoms with Gasteiger partial charge in [0.25, 0.3) is 5.91 Å². The fourth-order valence-corrected chi connectivity index (χ4v) is 2.97. The lowest BCUT2D eigenvalue weighted by Crippen LogP contribution is -2.27. The fourth-order valence-electron chi connectivity index (χ4n) is 2.97. The second-order valence-corrected chi connectivity index (χ2v) is 7.48. The van der Waals surface area contributed by atoms with Crippen LogP contribution in [0, 0.1) is 26.7 Å². The molecule has 1 amide bonds. The molecule has 0 fully saturated rings. The van der Waals surface area contributed by atoms with Gasteiger partial charge in [0, 0.05) is 17.5 Å². The first kappa shape index (κ1) is 18.1. The van der Waals surface area contributed by atoms with Crippen molar-refractivity contribution >= 4 is 16.8 Å². The molecule has 0 spiro atoms. The van der Waals surface area contributed by atoms with Crippen molar-refractivity contribution in [2.45, 2.75) is 34.6 Å². The van der Waals surface area contributed by atoms with Crippen LogP contribution >= 0.6 is 0 Å². The summed E-state index contributed by atoms with van der Waals surface area (Å²) in [6.07, 6.45) is 0. The van der Waals surface area contributed by atoms with E-state index in [9.17, 15) is 4.79 Å². The summed E-state index contributed by atoms with van der Waals surface area (Å²) in [5, 5.41) is 3.94. The van der Waals surface area contributed by atoms with E-state index in [4.69, 9.17) is 4.98 Å². The van der Waals surface area contributed by atoms with E-state index in [2.05, 4.69) is 51.2 Å². The van der Waals surface area contributed by atoms with Crippen molar-refractivity contribution in [2.24, 2.45) is 5.92 Å². The molecule has 0 radical (unpaired) electrons. The average molecular weight is 346 g/mol. The van der Waals surface area contributed by atoms with E-state index in [1.54, 1.807) is 0 Å². The highest BCUT2D eigenvalue weighted by Crippen LogP contribution is 2.27. The van der Waals surface area contributed by atoms with Gasteiger partial charge in [-0.2, -0.15) is 0 Å². The summed E-state index contributed by atoms with van der Waals surface area (Å²) in [6.45, 7) is 11.1. The summed E-state index contributed by atoms with van der Waals surface area (Å²) < 4.78 is 0. The second-order valence-electron chi connectivity index (χ2n) is 7.48. The van der Waals surface area contributed by atoms with Gasteiger partial charge in [-0.3, -0.25) is 4.79 Å². The minimum atomic E-state index is -0.0400. The first-order chi connectivity index (χ1) is 12.3. The van der Waals surface area contributed by atoms with Crippen LogP contribution in [0.15, 0.2) is 42.5 Å². The molecular formula is C23H26N2O. The third kappa shape index (κ3) is 3.77. The molecule has 3 heteroatoms. The first-order valence-electron chi connectivity index (χ1n) is 9.12. The lowest BCUT2D eigenvalue weighted by molar-refractivity contribution is 0.0950. The number of hydrogen-bond acceptors (Lipinski definition) is 2. The molecule has 1 N–H and O–H groups in total. The molecule has 0 aliphatic heterocycles. The second kappa shape index (κ2) is 7.28. The van der Waals surface area contributed by atoms with Crippen LogP contribution in [0.3, 0.4) is 0 Å². The molecule has 0 saturated carbocycles. The number of nitrogens with zero attached hydrogens (tertiary/aromatic N) is 1. The summed E-state index contributed by atoms with van der Waals surface area (Å²) in [4.78, 5) is 17.7. The number of fused-ring (bicyclic) bond motifs is 1. The first-order valence-corrected chi connectivity index (χ1v) is 9.12. The van der Waals surface area contributed by atoms with Gasteiger partial charge in [0.05, 0.1) is 16.8 Å². The zero-order valence-electron chi connectivity index (χ0n) is 16.2. The maximum Gasteiger partial charge on any atom is 0.252 e. The summed E-state index contributed by atoms with van der Waals surface area (Å²) in [5.74, 6) is 0.370. The summed E-state index contributed by atoms with van der Waals surface area (Å²) in [6, 6.07) is 14.3. The molecule has 0 aliphatic rings. The van der Waals surface area contributed by atoms with E-state index in [0.29, 0.717) is 18.0 Å². The Kier molecular flexibility index (Phi) is 5.08. The average Bonchev–Trinajstić information content (AvgIpc) is 2.61.